The third-order valence-electron chi connectivity index (χ3n) is 5.15. The van der Waals surface area contributed by atoms with E-state index in [4.69, 9.17) is 4.74 Å². The number of imide groups is 1. The fourth-order valence-corrected chi connectivity index (χ4v) is 3.41. The molecule has 1 aliphatic rings. The molecule has 1 aromatic heterocycles. The third-order valence-corrected chi connectivity index (χ3v) is 5.15. The molecule has 1 saturated heterocycles. The number of para-hydroxylation sites is 1. The summed E-state index contributed by atoms with van der Waals surface area (Å²) in [6.45, 7) is 3.49. The van der Waals surface area contributed by atoms with E-state index >= 15 is 0 Å². The van der Waals surface area contributed by atoms with Crippen molar-refractivity contribution in [3.63, 3.8) is 0 Å². The molecule has 172 valence electrons. The van der Waals surface area contributed by atoms with Gasteiger partial charge in [-0.05, 0) is 31.0 Å². The van der Waals surface area contributed by atoms with Crippen molar-refractivity contribution >= 4 is 35.3 Å². The zero-order chi connectivity index (χ0) is 24.0. The van der Waals surface area contributed by atoms with Gasteiger partial charge >= 0.3 is 12.1 Å². The first-order valence-electron chi connectivity index (χ1n) is 10.3. The number of benzene rings is 1. The van der Waals surface area contributed by atoms with E-state index in [9.17, 15) is 24.3 Å². The molecule has 3 amide bonds. The van der Waals surface area contributed by atoms with Gasteiger partial charge in [-0.2, -0.15) is 0 Å². The number of cyclic esters (lactones) is 1. The Balaban J connectivity index is 1.79. The van der Waals surface area contributed by atoms with Crippen molar-refractivity contribution in [1.82, 2.24) is 9.88 Å². The predicted octanol–water partition coefficient (Wildman–Crippen LogP) is 2.60. The van der Waals surface area contributed by atoms with Crippen molar-refractivity contribution in [2.24, 2.45) is 10.9 Å². The Labute approximate surface area is 190 Å². The Kier molecular flexibility index (Phi) is 7.50. The van der Waals surface area contributed by atoms with Gasteiger partial charge in [0.15, 0.2) is 6.04 Å². The van der Waals surface area contributed by atoms with Crippen molar-refractivity contribution in [3.8, 4) is 0 Å². The molecule has 0 saturated carbocycles. The van der Waals surface area contributed by atoms with E-state index in [2.05, 4.69) is 15.3 Å². The molecule has 33 heavy (non-hydrogen) atoms. The Morgan fingerprint density at radius 3 is 2.58 bits per heavy atom. The van der Waals surface area contributed by atoms with E-state index in [0.717, 1.165) is 4.90 Å². The van der Waals surface area contributed by atoms with Crippen LogP contribution >= 0.6 is 0 Å². The smallest absolute Gasteiger partial charge is 0.416 e. The number of carbonyl (C=O) groups is 4. The zero-order valence-electron chi connectivity index (χ0n) is 18.2. The number of hydrogen-bond donors (Lipinski definition) is 2. The standard InChI is InChI=1S/C23H24N4O6/c1-14(13-19(28)27-11-12-33-23(27)32)20(22(30)31)25-15(2)16-7-3-4-8-17(16)26-21(29)18-9-5-6-10-24-18/h3-10,14,20H,11-13H2,1-2H3,(H,26,29)(H,30,31)/t14-,20-/m1/s1. The molecule has 2 N–H and O–H groups in total. The third kappa shape index (κ3) is 5.79. The number of pyridine rings is 1. The lowest BCUT2D eigenvalue weighted by molar-refractivity contribution is -0.140. The van der Waals surface area contributed by atoms with Crippen LogP contribution in [0.25, 0.3) is 0 Å². The summed E-state index contributed by atoms with van der Waals surface area (Å²) in [5, 5.41) is 12.5. The maximum Gasteiger partial charge on any atom is 0.416 e. The minimum atomic E-state index is -1.23. The first kappa shape index (κ1) is 23.6. The molecule has 3 rings (SSSR count). The summed E-state index contributed by atoms with van der Waals surface area (Å²) in [5.41, 5.74) is 1.59. The lowest BCUT2D eigenvalue weighted by Gasteiger charge is -2.20. The van der Waals surface area contributed by atoms with E-state index in [-0.39, 0.29) is 25.3 Å². The van der Waals surface area contributed by atoms with Gasteiger partial charge in [-0.25, -0.2) is 14.5 Å². The van der Waals surface area contributed by atoms with Gasteiger partial charge < -0.3 is 15.2 Å². The molecular weight excluding hydrogens is 428 g/mol. The highest BCUT2D eigenvalue weighted by molar-refractivity contribution is 6.10. The second-order valence-electron chi connectivity index (χ2n) is 7.55. The van der Waals surface area contributed by atoms with Crippen LogP contribution < -0.4 is 5.32 Å². The van der Waals surface area contributed by atoms with Crippen LogP contribution in [0.15, 0.2) is 53.7 Å². The fraction of sp³-hybridized carbons (Fsp3) is 0.304. The maximum absolute atomic E-state index is 12.5. The number of anilines is 1. The van der Waals surface area contributed by atoms with Gasteiger partial charge in [-0.3, -0.25) is 19.6 Å². The van der Waals surface area contributed by atoms with E-state index in [1.807, 2.05) is 0 Å². The first-order valence-corrected chi connectivity index (χ1v) is 10.3. The summed E-state index contributed by atoms with van der Waals surface area (Å²) in [6, 6.07) is 10.6. The second kappa shape index (κ2) is 10.5. The minimum absolute atomic E-state index is 0.125. The monoisotopic (exact) mass is 452 g/mol. The number of carboxylic acids is 1. The molecule has 0 aliphatic carbocycles. The molecule has 2 heterocycles. The Bertz CT molecular complexity index is 1090. The van der Waals surface area contributed by atoms with Crippen LogP contribution in [0.5, 0.6) is 0 Å². The molecule has 1 aliphatic heterocycles. The molecule has 0 bridgehead atoms. The highest BCUT2D eigenvalue weighted by atomic mass is 16.6. The van der Waals surface area contributed by atoms with Crippen LogP contribution in [0.1, 0.15) is 36.3 Å². The second-order valence-corrected chi connectivity index (χ2v) is 7.55. The van der Waals surface area contributed by atoms with E-state index in [0.29, 0.717) is 17.0 Å². The number of aromatic nitrogens is 1. The van der Waals surface area contributed by atoms with Gasteiger partial charge in [0.1, 0.15) is 12.3 Å². The molecule has 0 spiro atoms. The predicted molar refractivity (Wildman–Crippen MR) is 119 cm³/mol. The molecule has 1 fully saturated rings. The molecule has 1 aromatic carbocycles. The fourth-order valence-electron chi connectivity index (χ4n) is 3.41. The van der Waals surface area contributed by atoms with Crippen molar-refractivity contribution in [3.05, 3.63) is 59.9 Å². The number of carbonyl (C=O) groups excluding carboxylic acids is 3. The summed E-state index contributed by atoms with van der Waals surface area (Å²) in [4.78, 5) is 57.8. The average molecular weight is 452 g/mol. The van der Waals surface area contributed by atoms with Crippen molar-refractivity contribution in [2.45, 2.75) is 26.3 Å². The van der Waals surface area contributed by atoms with Crippen LogP contribution in [0.4, 0.5) is 10.5 Å². The van der Waals surface area contributed by atoms with Gasteiger partial charge in [0.05, 0.1) is 12.2 Å². The first-order chi connectivity index (χ1) is 15.8. The number of carboxylic acid groups (broad SMARTS) is 1. The van der Waals surface area contributed by atoms with E-state index < -0.39 is 35.8 Å². The van der Waals surface area contributed by atoms with Crippen molar-refractivity contribution in [1.29, 1.82) is 0 Å². The normalized spacial score (nSPS) is 15.5. The molecule has 2 aromatic rings. The number of amides is 3. The minimum Gasteiger partial charge on any atom is -0.480 e. The molecule has 10 nitrogen and oxygen atoms in total. The average Bonchev–Trinajstić information content (AvgIpc) is 3.23. The number of hydrogen-bond acceptors (Lipinski definition) is 7. The van der Waals surface area contributed by atoms with Gasteiger partial charge in [-0.1, -0.05) is 31.2 Å². The summed E-state index contributed by atoms with van der Waals surface area (Å²) in [5.74, 6) is -2.81. The van der Waals surface area contributed by atoms with E-state index in [1.165, 1.54) is 6.20 Å². The number of rotatable bonds is 8. The topological polar surface area (TPSA) is 138 Å². The lowest BCUT2D eigenvalue weighted by atomic mass is 9.97. The number of nitrogens with one attached hydrogen (secondary N) is 1. The van der Waals surface area contributed by atoms with Gasteiger partial charge in [0, 0.05) is 23.9 Å². The lowest BCUT2D eigenvalue weighted by Crippen LogP contribution is -2.36. The largest absolute Gasteiger partial charge is 0.480 e. The highest BCUT2D eigenvalue weighted by Gasteiger charge is 2.33. The molecule has 2 atom stereocenters. The van der Waals surface area contributed by atoms with Gasteiger partial charge in [0.2, 0.25) is 5.91 Å². The Hall–Kier alpha value is -4.08. The van der Waals surface area contributed by atoms with Gasteiger partial charge in [0.25, 0.3) is 5.91 Å². The molecule has 0 radical (unpaired) electrons. The van der Waals surface area contributed by atoms with E-state index in [1.54, 1.807) is 56.3 Å². The molecule has 10 heteroatoms. The Morgan fingerprint density at radius 1 is 1.21 bits per heavy atom. The maximum atomic E-state index is 12.5. The molecular formula is C23H24N4O6. The van der Waals surface area contributed by atoms with Crippen LogP contribution in [0.3, 0.4) is 0 Å². The molecule has 0 unspecified atom stereocenters. The highest BCUT2D eigenvalue weighted by Crippen LogP contribution is 2.21. The summed E-state index contributed by atoms with van der Waals surface area (Å²) >= 11 is 0. The summed E-state index contributed by atoms with van der Waals surface area (Å²) < 4.78 is 4.76. The van der Waals surface area contributed by atoms with Crippen LogP contribution in [-0.2, 0) is 14.3 Å². The zero-order valence-corrected chi connectivity index (χ0v) is 18.2. The van der Waals surface area contributed by atoms with Crippen LogP contribution in [-0.4, -0.2) is 63.8 Å². The number of aliphatic carboxylic acids is 1. The number of nitrogens with zero attached hydrogens (tertiary/aromatic N) is 3. The van der Waals surface area contributed by atoms with Crippen LogP contribution in [0, 0.1) is 5.92 Å². The summed E-state index contributed by atoms with van der Waals surface area (Å²) in [6.07, 6.45) is 0.604. The SMILES string of the molecule is CC(=N[C@@H](C(=O)O)[C@H](C)CC(=O)N1CCOC1=O)c1ccccc1NC(=O)c1ccccn1. The van der Waals surface area contributed by atoms with Crippen molar-refractivity contribution < 1.29 is 29.0 Å². The summed E-state index contributed by atoms with van der Waals surface area (Å²) in [7, 11) is 0. The quantitative estimate of drug-likeness (QED) is 0.587. The van der Waals surface area contributed by atoms with Crippen LogP contribution in [0.2, 0.25) is 0 Å². The van der Waals surface area contributed by atoms with Crippen molar-refractivity contribution in [2.75, 3.05) is 18.5 Å². The van der Waals surface area contributed by atoms with Gasteiger partial charge in [-0.15, -0.1) is 0 Å². The number of aliphatic imine (C=N–C) groups is 1. The Morgan fingerprint density at radius 2 is 1.94 bits per heavy atom. The number of ether oxygens (including phenoxy) is 1.